The number of nitrogens with one attached hydrogen (secondary N) is 1. The van der Waals surface area contributed by atoms with Crippen molar-refractivity contribution in [3.63, 3.8) is 0 Å². The molecule has 0 fully saturated rings. The Morgan fingerprint density at radius 3 is 2.32 bits per heavy atom. The summed E-state index contributed by atoms with van der Waals surface area (Å²) in [6.45, 7) is 1.04. The quantitative estimate of drug-likeness (QED) is 0.546. The average molecular weight is 438 g/mol. The molecule has 1 heterocycles. The highest BCUT2D eigenvalue weighted by Crippen LogP contribution is 2.38. The third-order valence-corrected chi connectivity index (χ3v) is 6.74. The van der Waals surface area contributed by atoms with Crippen LogP contribution in [-0.2, 0) is 26.4 Å². The Kier molecular flexibility index (Phi) is 5.56. The first-order chi connectivity index (χ1) is 12.6. The van der Waals surface area contributed by atoms with Gasteiger partial charge in [0.2, 0.25) is 0 Å². The third-order valence-electron chi connectivity index (χ3n) is 3.63. The van der Waals surface area contributed by atoms with Crippen molar-refractivity contribution in [3.8, 4) is 0 Å². The van der Waals surface area contributed by atoms with Gasteiger partial charge in [-0.3, -0.25) is 14.9 Å². The molecule has 1 atom stereocenters. The van der Waals surface area contributed by atoms with Crippen molar-refractivity contribution in [1.82, 2.24) is 0 Å². The van der Waals surface area contributed by atoms with Crippen LogP contribution in [0, 0.1) is 10.1 Å². The monoisotopic (exact) mass is 438 g/mol. The Morgan fingerprint density at radius 1 is 1.25 bits per heavy atom. The molecular weight excluding hydrogens is 425 g/mol. The summed E-state index contributed by atoms with van der Waals surface area (Å²) < 4.78 is 62.0. The standard InChI is InChI=1S/C15H13F3N2O6S2/c1-14(22,11-5-6-12(27-11)28(2,25)26)13(21)19-8-3-4-10(20(23)24)9(7-8)15(16,17)18/h3-7,22H,1-2H3,(H,19,21). The molecule has 0 aliphatic rings. The van der Waals surface area contributed by atoms with Gasteiger partial charge in [0.25, 0.3) is 11.6 Å². The largest absolute Gasteiger partial charge is 0.423 e. The molecule has 8 nitrogen and oxygen atoms in total. The Bertz CT molecular complexity index is 1040. The van der Waals surface area contributed by atoms with E-state index in [0.29, 0.717) is 23.5 Å². The number of rotatable bonds is 5. The molecule has 0 bridgehead atoms. The molecule has 28 heavy (non-hydrogen) atoms. The van der Waals surface area contributed by atoms with E-state index in [0.717, 1.165) is 19.2 Å². The van der Waals surface area contributed by atoms with E-state index in [2.05, 4.69) is 5.32 Å². The number of hydrogen-bond donors (Lipinski definition) is 2. The van der Waals surface area contributed by atoms with Gasteiger partial charge in [-0.05, 0) is 31.2 Å². The fourth-order valence-electron chi connectivity index (χ4n) is 2.15. The van der Waals surface area contributed by atoms with Gasteiger partial charge in [-0.25, -0.2) is 8.42 Å². The maximum absolute atomic E-state index is 13.0. The molecule has 1 amide bonds. The number of hydrogen-bond acceptors (Lipinski definition) is 7. The van der Waals surface area contributed by atoms with Crippen LogP contribution in [0.4, 0.5) is 24.5 Å². The lowest BCUT2D eigenvalue weighted by atomic mass is 10.0. The van der Waals surface area contributed by atoms with E-state index in [1.54, 1.807) is 0 Å². The summed E-state index contributed by atoms with van der Waals surface area (Å²) in [6.07, 6.45) is -4.10. The molecule has 2 aromatic rings. The number of amides is 1. The number of halogens is 3. The predicted molar refractivity (Wildman–Crippen MR) is 93.7 cm³/mol. The molecule has 0 saturated carbocycles. The van der Waals surface area contributed by atoms with Gasteiger partial charge in [0, 0.05) is 22.9 Å². The van der Waals surface area contributed by atoms with E-state index in [1.165, 1.54) is 12.1 Å². The molecule has 0 aliphatic carbocycles. The lowest BCUT2D eigenvalue weighted by Crippen LogP contribution is -2.36. The number of carbonyl (C=O) groups excluding carboxylic acids is 1. The molecule has 1 aromatic carbocycles. The molecule has 0 spiro atoms. The number of benzene rings is 1. The molecule has 0 aliphatic heterocycles. The van der Waals surface area contributed by atoms with Crippen LogP contribution in [0.5, 0.6) is 0 Å². The first-order valence-corrected chi connectivity index (χ1v) is 10.0. The summed E-state index contributed by atoms with van der Waals surface area (Å²) in [5, 5.41) is 23.3. The number of thiophene rings is 1. The highest BCUT2D eigenvalue weighted by atomic mass is 32.2. The average Bonchev–Trinajstić information content (AvgIpc) is 3.04. The number of alkyl halides is 3. The van der Waals surface area contributed by atoms with Gasteiger partial charge in [0.15, 0.2) is 15.4 Å². The molecular formula is C15H13F3N2O6S2. The van der Waals surface area contributed by atoms with Crippen molar-refractivity contribution in [2.45, 2.75) is 22.9 Å². The van der Waals surface area contributed by atoms with E-state index in [4.69, 9.17) is 0 Å². The molecule has 152 valence electrons. The van der Waals surface area contributed by atoms with Crippen LogP contribution >= 0.6 is 11.3 Å². The van der Waals surface area contributed by atoms with E-state index < -0.39 is 49.4 Å². The molecule has 0 radical (unpaired) electrons. The van der Waals surface area contributed by atoms with Crippen molar-refractivity contribution in [2.24, 2.45) is 0 Å². The second kappa shape index (κ2) is 7.14. The van der Waals surface area contributed by atoms with Crippen LogP contribution in [-0.4, -0.2) is 30.6 Å². The Balaban J connectivity index is 2.36. The fraction of sp³-hybridized carbons (Fsp3) is 0.267. The number of nitro groups is 1. The van der Waals surface area contributed by atoms with E-state index in [1.807, 2.05) is 0 Å². The van der Waals surface area contributed by atoms with Crippen molar-refractivity contribution in [2.75, 3.05) is 11.6 Å². The van der Waals surface area contributed by atoms with Crippen molar-refractivity contribution < 1.29 is 36.4 Å². The van der Waals surface area contributed by atoms with Gasteiger partial charge in [-0.1, -0.05) is 0 Å². The third kappa shape index (κ3) is 4.48. The Morgan fingerprint density at radius 2 is 1.86 bits per heavy atom. The first-order valence-electron chi connectivity index (χ1n) is 7.34. The number of sulfone groups is 1. The van der Waals surface area contributed by atoms with Gasteiger partial charge in [-0.2, -0.15) is 13.2 Å². The van der Waals surface area contributed by atoms with Gasteiger partial charge in [0.05, 0.1) is 4.92 Å². The second-order valence-corrected chi connectivity index (χ2v) is 9.23. The second-order valence-electron chi connectivity index (χ2n) is 5.90. The number of aliphatic hydroxyl groups is 1. The topological polar surface area (TPSA) is 127 Å². The minimum absolute atomic E-state index is 0.0524. The minimum Gasteiger partial charge on any atom is -0.375 e. The highest BCUT2D eigenvalue weighted by Gasteiger charge is 2.39. The molecule has 1 unspecified atom stereocenters. The van der Waals surface area contributed by atoms with Crippen LogP contribution in [0.1, 0.15) is 17.4 Å². The molecule has 13 heteroatoms. The normalized spacial score (nSPS) is 14.4. The van der Waals surface area contributed by atoms with Gasteiger partial charge in [0.1, 0.15) is 9.77 Å². The summed E-state index contributed by atoms with van der Waals surface area (Å²) in [5.74, 6) is -1.14. The lowest BCUT2D eigenvalue weighted by Gasteiger charge is -2.21. The number of nitro benzene ring substituents is 1. The first kappa shape index (κ1) is 21.8. The van der Waals surface area contributed by atoms with Gasteiger partial charge >= 0.3 is 6.18 Å². The van der Waals surface area contributed by atoms with Crippen LogP contribution < -0.4 is 5.32 Å². The number of nitrogens with zero attached hydrogens (tertiary/aromatic N) is 1. The minimum atomic E-state index is -5.04. The number of anilines is 1. The Labute approximate surface area is 160 Å². The van der Waals surface area contributed by atoms with Gasteiger partial charge in [-0.15, -0.1) is 11.3 Å². The molecule has 2 rings (SSSR count). The SMILES string of the molecule is CC(O)(C(=O)Nc1ccc([N+](=O)[O-])c(C(F)(F)F)c1)c1ccc(S(C)(=O)=O)s1. The molecule has 2 N–H and O–H groups in total. The summed E-state index contributed by atoms with van der Waals surface area (Å²) in [6, 6.07) is 4.24. The van der Waals surface area contributed by atoms with Crippen molar-refractivity contribution in [3.05, 3.63) is 50.9 Å². The summed E-state index contributed by atoms with van der Waals surface area (Å²) in [7, 11) is -3.57. The summed E-state index contributed by atoms with van der Waals surface area (Å²) in [5.41, 5.74) is -5.44. The van der Waals surface area contributed by atoms with Crippen molar-refractivity contribution in [1.29, 1.82) is 0 Å². The number of carbonyl (C=O) groups is 1. The summed E-state index contributed by atoms with van der Waals surface area (Å²) >= 11 is 0.631. The zero-order valence-electron chi connectivity index (χ0n) is 14.3. The van der Waals surface area contributed by atoms with Crippen LogP contribution in [0.15, 0.2) is 34.5 Å². The van der Waals surface area contributed by atoms with Crippen molar-refractivity contribution >= 4 is 38.5 Å². The van der Waals surface area contributed by atoms with E-state index in [9.17, 15) is 41.6 Å². The van der Waals surface area contributed by atoms with Crippen LogP contribution in [0.3, 0.4) is 0 Å². The van der Waals surface area contributed by atoms with Crippen LogP contribution in [0.2, 0.25) is 0 Å². The maximum Gasteiger partial charge on any atom is 0.423 e. The Hall–Kier alpha value is -2.51. The maximum atomic E-state index is 13.0. The zero-order valence-corrected chi connectivity index (χ0v) is 15.9. The van der Waals surface area contributed by atoms with Gasteiger partial charge < -0.3 is 10.4 Å². The molecule has 0 saturated heterocycles. The van der Waals surface area contributed by atoms with E-state index in [-0.39, 0.29) is 9.09 Å². The zero-order chi connectivity index (χ0) is 21.5. The summed E-state index contributed by atoms with van der Waals surface area (Å²) in [4.78, 5) is 21.9. The highest BCUT2D eigenvalue weighted by molar-refractivity contribution is 7.92. The fourth-order valence-corrected chi connectivity index (χ4v) is 4.12. The van der Waals surface area contributed by atoms with E-state index >= 15 is 0 Å². The molecule has 1 aromatic heterocycles. The van der Waals surface area contributed by atoms with Crippen LogP contribution in [0.25, 0.3) is 0 Å². The smallest absolute Gasteiger partial charge is 0.375 e. The predicted octanol–water partition coefficient (Wildman–Crippen LogP) is 2.92. The lowest BCUT2D eigenvalue weighted by molar-refractivity contribution is -0.388.